The van der Waals surface area contributed by atoms with E-state index >= 15 is 0 Å². The summed E-state index contributed by atoms with van der Waals surface area (Å²) in [6.07, 6.45) is 2.12. The van der Waals surface area contributed by atoms with Crippen molar-refractivity contribution in [1.82, 2.24) is 0 Å². The van der Waals surface area contributed by atoms with Gasteiger partial charge in [0.2, 0.25) is 0 Å². The molecule has 2 unspecified atom stereocenters. The summed E-state index contributed by atoms with van der Waals surface area (Å²) in [5.74, 6) is 0.383. The van der Waals surface area contributed by atoms with Gasteiger partial charge in [-0.05, 0) is 46.0 Å². The van der Waals surface area contributed by atoms with Crippen LogP contribution in [-0.2, 0) is 0 Å². The number of rotatable bonds is 6. The minimum atomic E-state index is -1.08. The topological polar surface area (TPSA) is 60.7 Å². The fraction of sp³-hybridized carbons (Fsp3) is 1.00. The Kier molecular flexibility index (Phi) is 5.06. The molecule has 0 saturated carbocycles. The van der Waals surface area contributed by atoms with Gasteiger partial charge in [0.05, 0.1) is 11.2 Å². The summed E-state index contributed by atoms with van der Waals surface area (Å²) < 4.78 is 0. The summed E-state index contributed by atoms with van der Waals surface area (Å²) in [6, 6.07) is 0. The molecule has 0 aromatic rings. The lowest BCUT2D eigenvalue weighted by Gasteiger charge is -2.36. The molecule has 0 rings (SSSR count). The average Bonchev–Trinajstić information content (AvgIpc) is 1.99. The molecule has 2 atom stereocenters. The highest BCUT2D eigenvalue weighted by atomic mass is 16.3. The Labute approximate surface area is 86.8 Å². The normalized spacial score (nSPS) is 19.1. The van der Waals surface area contributed by atoms with Crippen LogP contribution in [0.2, 0.25) is 0 Å². The molecule has 3 heteroatoms. The number of hydrogen-bond acceptors (Lipinski definition) is 3. The van der Waals surface area contributed by atoms with Gasteiger partial charge in [0.15, 0.2) is 0 Å². The molecule has 0 amide bonds. The second kappa shape index (κ2) is 5.10. The largest absolute Gasteiger partial charge is 0.396 e. The molecule has 0 aliphatic rings. The smallest absolute Gasteiger partial charge is 0.0900 e. The van der Waals surface area contributed by atoms with Crippen LogP contribution in [0, 0.1) is 5.92 Å². The standard InChI is InChI=1S/C11H24O3/c1-9(6-8-12)5-7-11(4,14)10(2,3)13/h9,12-14H,5-8H2,1-4H3. The van der Waals surface area contributed by atoms with E-state index < -0.39 is 11.2 Å². The van der Waals surface area contributed by atoms with Crippen molar-refractivity contribution < 1.29 is 15.3 Å². The first kappa shape index (κ1) is 13.9. The molecule has 0 aromatic carbocycles. The second-order valence-electron chi connectivity index (χ2n) is 4.99. The Morgan fingerprint density at radius 1 is 1.07 bits per heavy atom. The van der Waals surface area contributed by atoms with Crippen LogP contribution in [0.1, 0.15) is 47.0 Å². The van der Waals surface area contributed by atoms with Crippen molar-refractivity contribution in [2.45, 2.75) is 58.2 Å². The zero-order valence-corrected chi connectivity index (χ0v) is 9.75. The van der Waals surface area contributed by atoms with Crippen molar-refractivity contribution in [3.05, 3.63) is 0 Å². The minimum Gasteiger partial charge on any atom is -0.396 e. The summed E-state index contributed by atoms with van der Waals surface area (Å²) in [5, 5.41) is 28.4. The molecule has 0 fully saturated rings. The summed E-state index contributed by atoms with van der Waals surface area (Å²) in [6.45, 7) is 7.11. The van der Waals surface area contributed by atoms with Crippen LogP contribution in [0.4, 0.5) is 0 Å². The first-order valence-electron chi connectivity index (χ1n) is 5.26. The lowest BCUT2D eigenvalue weighted by atomic mass is 9.82. The van der Waals surface area contributed by atoms with Gasteiger partial charge in [0.25, 0.3) is 0 Å². The Morgan fingerprint density at radius 3 is 1.93 bits per heavy atom. The van der Waals surface area contributed by atoms with Crippen molar-refractivity contribution in [1.29, 1.82) is 0 Å². The molecular formula is C11H24O3. The SMILES string of the molecule is CC(CCO)CCC(C)(O)C(C)(C)O. The number of aliphatic hydroxyl groups excluding tert-OH is 1. The molecule has 0 radical (unpaired) electrons. The Balaban J connectivity index is 3.99. The maximum absolute atomic E-state index is 9.96. The van der Waals surface area contributed by atoms with Crippen LogP contribution in [0.3, 0.4) is 0 Å². The summed E-state index contributed by atoms with van der Waals surface area (Å²) >= 11 is 0. The molecular weight excluding hydrogens is 180 g/mol. The van der Waals surface area contributed by atoms with Crippen molar-refractivity contribution >= 4 is 0 Å². The van der Waals surface area contributed by atoms with Gasteiger partial charge in [0.1, 0.15) is 0 Å². The van der Waals surface area contributed by atoms with Crippen molar-refractivity contribution in [3.8, 4) is 0 Å². The molecule has 0 spiro atoms. The molecule has 0 heterocycles. The molecule has 0 aliphatic heterocycles. The Bertz CT molecular complexity index is 158. The molecule has 0 aliphatic carbocycles. The first-order valence-corrected chi connectivity index (χ1v) is 5.26. The van der Waals surface area contributed by atoms with E-state index in [1.165, 1.54) is 0 Å². The van der Waals surface area contributed by atoms with E-state index in [0.717, 1.165) is 12.8 Å². The number of hydrogen-bond donors (Lipinski definition) is 3. The quantitative estimate of drug-likeness (QED) is 0.611. The monoisotopic (exact) mass is 204 g/mol. The van der Waals surface area contributed by atoms with Gasteiger partial charge in [-0.25, -0.2) is 0 Å². The van der Waals surface area contributed by atoms with E-state index in [1.807, 2.05) is 6.92 Å². The van der Waals surface area contributed by atoms with Crippen LogP contribution in [0.15, 0.2) is 0 Å². The van der Waals surface area contributed by atoms with Crippen LogP contribution >= 0.6 is 0 Å². The summed E-state index contributed by atoms with van der Waals surface area (Å²) in [5.41, 5.74) is -2.14. The average molecular weight is 204 g/mol. The van der Waals surface area contributed by atoms with Crippen LogP contribution in [0.5, 0.6) is 0 Å². The van der Waals surface area contributed by atoms with E-state index in [0.29, 0.717) is 12.3 Å². The predicted octanol–water partition coefficient (Wildman–Crippen LogP) is 1.31. The maximum Gasteiger partial charge on any atom is 0.0900 e. The molecule has 0 bridgehead atoms. The summed E-state index contributed by atoms with van der Waals surface area (Å²) in [4.78, 5) is 0. The Morgan fingerprint density at radius 2 is 1.57 bits per heavy atom. The molecule has 3 N–H and O–H groups in total. The predicted molar refractivity (Wildman–Crippen MR) is 57.0 cm³/mol. The lowest BCUT2D eigenvalue weighted by molar-refractivity contribution is -0.125. The molecule has 86 valence electrons. The molecule has 14 heavy (non-hydrogen) atoms. The van der Waals surface area contributed by atoms with Crippen LogP contribution in [0.25, 0.3) is 0 Å². The van der Waals surface area contributed by atoms with Crippen molar-refractivity contribution in [3.63, 3.8) is 0 Å². The third kappa shape index (κ3) is 4.40. The minimum absolute atomic E-state index is 0.186. The molecule has 0 saturated heterocycles. The van der Waals surface area contributed by atoms with E-state index in [1.54, 1.807) is 20.8 Å². The van der Waals surface area contributed by atoms with E-state index in [4.69, 9.17) is 5.11 Å². The lowest BCUT2D eigenvalue weighted by Crippen LogP contribution is -2.47. The highest BCUT2D eigenvalue weighted by Gasteiger charge is 2.37. The van der Waals surface area contributed by atoms with Crippen LogP contribution < -0.4 is 0 Å². The van der Waals surface area contributed by atoms with Gasteiger partial charge < -0.3 is 15.3 Å². The maximum atomic E-state index is 9.96. The molecule has 3 nitrogen and oxygen atoms in total. The van der Waals surface area contributed by atoms with Crippen molar-refractivity contribution in [2.24, 2.45) is 5.92 Å². The number of aliphatic hydroxyl groups is 3. The third-order valence-corrected chi connectivity index (χ3v) is 3.06. The van der Waals surface area contributed by atoms with E-state index in [2.05, 4.69) is 0 Å². The highest BCUT2D eigenvalue weighted by Crippen LogP contribution is 2.28. The highest BCUT2D eigenvalue weighted by molar-refractivity contribution is 4.89. The third-order valence-electron chi connectivity index (χ3n) is 3.06. The first-order chi connectivity index (χ1) is 6.20. The van der Waals surface area contributed by atoms with Gasteiger partial charge in [-0.1, -0.05) is 6.92 Å². The van der Waals surface area contributed by atoms with E-state index in [9.17, 15) is 10.2 Å². The second-order valence-corrected chi connectivity index (χ2v) is 4.99. The zero-order chi connectivity index (χ0) is 11.4. The Hall–Kier alpha value is -0.120. The van der Waals surface area contributed by atoms with Crippen molar-refractivity contribution in [2.75, 3.05) is 6.61 Å². The van der Waals surface area contributed by atoms with Gasteiger partial charge in [-0.15, -0.1) is 0 Å². The van der Waals surface area contributed by atoms with Gasteiger partial charge in [0, 0.05) is 6.61 Å². The molecule has 0 aromatic heterocycles. The van der Waals surface area contributed by atoms with Gasteiger partial charge in [-0.2, -0.15) is 0 Å². The van der Waals surface area contributed by atoms with Gasteiger partial charge in [-0.3, -0.25) is 0 Å². The van der Waals surface area contributed by atoms with Crippen LogP contribution in [-0.4, -0.2) is 33.1 Å². The summed E-state index contributed by atoms with van der Waals surface area (Å²) in [7, 11) is 0. The fourth-order valence-electron chi connectivity index (χ4n) is 1.20. The zero-order valence-electron chi connectivity index (χ0n) is 9.75. The van der Waals surface area contributed by atoms with E-state index in [-0.39, 0.29) is 6.61 Å². The fourth-order valence-corrected chi connectivity index (χ4v) is 1.20. The van der Waals surface area contributed by atoms with Gasteiger partial charge >= 0.3 is 0 Å².